The second kappa shape index (κ2) is 7.28. The Morgan fingerprint density at radius 3 is 2.60 bits per heavy atom. The lowest BCUT2D eigenvalue weighted by Crippen LogP contribution is -2.21. The third-order valence-corrected chi connectivity index (χ3v) is 3.76. The van der Waals surface area contributed by atoms with Crippen molar-refractivity contribution in [1.82, 2.24) is 0 Å². The zero-order valence-corrected chi connectivity index (χ0v) is 13.4. The topological polar surface area (TPSA) is 38.3 Å². The first-order valence-electron chi connectivity index (χ1n) is 6.45. The minimum Gasteiger partial charge on any atom is -0.483 e. The van der Waals surface area contributed by atoms with Crippen LogP contribution in [-0.2, 0) is 11.2 Å². The number of benzene rings is 2. The highest BCUT2D eigenvalue weighted by Crippen LogP contribution is 2.20. The van der Waals surface area contributed by atoms with Gasteiger partial charge in [-0.3, -0.25) is 4.79 Å². The second-order valence-electron chi connectivity index (χ2n) is 4.28. The molecule has 0 bridgehead atoms. The minimum absolute atomic E-state index is 0.0120. The summed E-state index contributed by atoms with van der Waals surface area (Å²) >= 11 is 2.19. The number of halogens is 1. The number of carbonyl (C=O) groups excluding carboxylic acids is 1. The summed E-state index contributed by atoms with van der Waals surface area (Å²) < 4.78 is 6.52. The van der Waals surface area contributed by atoms with Crippen molar-refractivity contribution < 1.29 is 9.53 Å². The van der Waals surface area contributed by atoms with Crippen LogP contribution in [-0.4, -0.2) is 12.5 Å². The maximum absolute atomic E-state index is 11.9. The Morgan fingerprint density at radius 1 is 1.15 bits per heavy atom. The lowest BCUT2D eigenvalue weighted by atomic mass is 10.1. The van der Waals surface area contributed by atoms with Crippen LogP contribution in [0.25, 0.3) is 0 Å². The summed E-state index contributed by atoms with van der Waals surface area (Å²) in [5, 5.41) is 2.88. The summed E-state index contributed by atoms with van der Waals surface area (Å²) in [6, 6.07) is 15.4. The molecule has 2 aromatic carbocycles. The number of carbonyl (C=O) groups is 1. The monoisotopic (exact) mass is 381 g/mol. The van der Waals surface area contributed by atoms with Gasteiger partial charge in [-0.25, -0.2) is 0 Å². The van der Waals surface area contributed by atoms with Crippen LogP contribution in [0.3, 0.4) is 0 Å². The van der Waals surface area contributed by atoms with Gasteiger partial charge in [-0.15, -0.1) is 0 Å². The Balaban J connectivity index is 1.95. The summed E-state index contributed by atoms with van der Waals surface area (Å²) in [6.45, 7) is 2.08. The van der Waals surface area contributed by atoms with Gasteiger partial charge in [0, 0.05) is 5.69 Å². The minimum atomic E-state index is -0.148. The van der Waals surface area contributed by atoms with Crippen LogP contribution in [0.1, 0.15) is 12.5 Å². The van der Waals surface area contributed by atoms with E-state index in [-0.39, 0.29) is 12.5 Å². The van der Waals surface area contributed by atoms with Gasteiger partial charge >= 0.3 is 0 Å². The predicted octanol–water partition coefficient (Wildman–Crippen LogP) is 3.87. The lowest BCUT2D eigenvalue weighted by molar-refractivity contribution is -0.118. The standard InChI is InChI=1S/C16H16INO2/c1-2-12-7-3-5-9-14(12)18-16(19)11-20-15-10-6-4-8-13(15)17/h3-10H,2,11H2,1H3,(H,18,19). The van der Waals surface area contributed by atoms with E-state index in [1.54, 1.807) is 0 Å². The third-order valence-electron chi connectivity index (χ3n) is 2.87. The second-order valence-corrected chi connectivity index (χ2v) is 5.44. The van der Waals surface area contributed by atoms with Crippen molar-refractivity contribution in [1.29, 1.82) is 0 Å². The molecule has 2 rings (SSSR count). The quantitative estimate of drug-likeness (QED) is 0.799. The van der Waals surface area contributed by atoms with Crippen molar-refractivity contribution >= 4 is 34.2 Å². The van der Waals surface area contributed by atoms with Gasteiger partial charge in [-0.2, -0.15) is 0 Å². The van der Waals surface area contributed by atoms with Gasteiger partial charge in [0.05, 0.1) is 3.57 Å². The van der Waals surface area contributed by atoms with E-state index in [1.807, 2.05) is 48.5 Å². The van der Waals surface area contributed by atoms with Crippen LogP contribution in [0.2, 0.25) is 0 Å². The summed E-state index contributed by atoms with van der Waals surface area (Å²) in [5.74, 6) is 0.581. The van der Waals surface area contributed by atoms with Crippen molar-refractivity contribution in [3.63, 3.8) is 0 Å². The molecule has 0 aliphatic carbocycles. The van der Waals surface area contributed by atoms with Gasteiger partial charge in [-0.1, -0.05) is 37.3 Å². The number of hydrogen-bond donors (Lipinski definition) is 1. The van der Waals surface area contributed by atoms with E-state index in [0.717, 1.165) is 27.0 Å². The largest absolute Gasteiger partial charge is 0.483 e. The normalized spacial score (nSPS) is 10.1. The lowest BCUT2D eigenvalue weighted by Gasteiger charge is -2.11. The molecule has 0 heterocycles. The van der Waals surface area contributed by atoms with Crippen molar-refractivity contribution in [2.45, 2.75) is 13.3 Å². The van der Waals surface area contributed by atoms with Crippen molar-refractivity contribution in [2.24, 2.45) is 0 Å². The summed E-state index contributed by atoms with van der Waals surface area (Å²) in [4.78, 5) is 11.9. The number of rotatable bonds is 5. The highest BCUT2D eigenvalue weighted by atomic mass is 127. The zero-order valence-electron chi connectivity index (χ0n) is 11.2. The maximum atomic E-state index is 11.9. The fourth-order valence-electron chi connectivity index (χ4n) is 1.84. The van der Waals surface area contributed by atoms with Gasteiger partial charge in [0.15, 0.2) is 6.61 Å². The smallest absolute Gasteiger partial charge is 0.262 e. The molecule has 4 heteroatoms. The Kier molecular flexibility index (Phi) is 5.40. The molecule has 0 aliphatic rings. The van der Waals surface area contributed by atoms with E-state index in [2.05, 4.69) is 34.8 Å². The van der Waals surface area contributed by atoms with Crippen molar-refractivity contribution in [3.8, 4) is 5.75 Å². The molecule has 104 valence electrons. The number of hydrogen-bond acceptors (Lipinski definition) is 2. The number of amides is 1. The Bertz CT molecular complexity index is 599. The van der Waals surface area contributed by atoms with E-state index in [9.17, 15) is 4.79 Å². The molecule has 2 aromatic rings. The van der Waals surface area contributed by atoms with Gasteiger partial charge in [-0.05, 0) is 52.8 Å². The molecule has 1 amide bonds. The Morgan fingerprint density at radius 2 is 1.85 bits per heavy atom. The average Bonchev–Trinajstić information content (AvgIpc) is 2.47. The first-order valence-corrected chi connectivity index (χ1v) is 7.53. The van der Waals surface area contributed by atoms with Gasteiger partial charge in [0.2, 0.25) is 0 Å². The summed E-state index contributed by atoms with van der Waals surface area (Å²) in [5.41, 5.74) is 1.97. The number of ether oxygens (including phenoxy) is 1. The molecule has 1 N–H and O–H groups in total. The van der Waals surface area contributed by atoms with E-state index < -0.39 is 0 Å². The molecule has 0 saturated heterocycles. The first kappa shape index (κ1) is 14.8. The molecule has 0 unspecified atom stereocenters. The zero-order chi connectivity index (χ0) is 14.4. The van der Waals surface area contributed by atoms with Crippen LogP contribution < -0.4 is 10.1 Å². The number of aryl methyl sites for hydroxylation is 1. The molecule has 0 aliphatic heterocycles. The third kappa shape index (κ3) is 3.96. The molecule has 0 saturated carbocycles. The molecule has 0 fully saturated rings. The fourth-order valence-corrected chi connectivity index (χ4v) is 2.39. The SMILES string of the molecule is CCc1ccccc1NC(=O)COc1ccccc1I. The molecular formula is C16H16INO2. The Labute approximate surface area is 132 Å². The Hall–Kier alpha value is -1.56. The van der Waals surface area contributed by atoms with Gasteiger partial charge in [0.25, 0.3) is 5.91 Å². The van der Waals surface area contributed by atoms with Crippen molar-refractivity contribution in [2.75, 3.05) is 11.9 Å². The van der Waals surface area contributed by atoms with E-state index in [0.29, 0.717) is 0 Å². The highest BCUT2D eigenvalue weighted by Gasteiger charge is 2.07. The molecule has 3 nitrogen and oxygen atoms in total. The average molecular weight is 381 g/mol. The molecule has 0 spiro atoms. The first-order chi connectivity index (χ1) is 9.70. The molecule has 20 heavy (non-hydrogen) atoms. The van der Waals surface area contributed by atoms with E-state index in [1.165, 1.54) is 0 Å². The summed E-state index contributed by atoms with van der Waals surface area (Å²) in [6.07, 6.45) is 0.883. The number of para-hydroxylation sites is 2. The fraction of sp³-hybridized carbons (Fsp3) is 0.188. The van der Waals surface area contributed by atoms with E-state index in [4.69, 9.17) is 4.74 Å². The van der Waals surface area contributed by atoms with Crippen LogP contribution in [0, 0.1) is 3.57 Å². The highest BCUT2D eigenvalue weighted by molar-refractivity contribution is 14.1. The van der Waals surface area contributed by atoms with Crippen LogP contribution in [0.15, 0.2) is 48.5 Å². The molecular weight excluding hydrogens is 365 g/mol. The summed E-state index contributed by atoms with van der Waals surface area (Å²) in [7, 11) is 0. The molecule has 0 atom stereocenters. The predicted molar refractivity (Wildman–Crippen MR) is 89.1 cm³/mol. The van der Waals surface area contributed by atoms with Gasteiger partial charge in [0.1, 0.15) is 5.75 Å². The van der Waals surface area contributed by atoms with E-state index >= 15 is 0 Å². The van der Waals surface area contributed by atoms with Crippen LogP contribution in [0.5, 0.6) is 5.75 Å². The molecule has 0 aromatic heterocycles. The number of nitrogens with one attached hydrogen (secondary N) is 1. The maximum Gasteiger partial charge on any atom is 0.262 e. The van der Waals surface area contributed by atoms with Crippen LogP contribution in [0.4, 0.5) is 5.69 Å². The van der Waals surface area contributed by atoms with Crippen LogP contribution >= 0.6 is 22.6 Å². The molecule has 0 radical (unpaired) electrons. The van der Waals surface area contributed by atoms with Crippen molar-refractivity contribution in [3.05, 3.63) is 57.7 Å². The number of anilines is 1. The van der Waals surface area contributed by atoms with Gasteiger partial charge < -0.3 is 10.1 Å².